The number of ether oxygens (including phenoxy) is 1. The maximum Gasteiger partial charge on any atom is 0.328 e. The average Bonchev–Trinajstić information content (AvgIpc) is 2.56. The Morgan fingerprint density at radius 2 is 1.91 bits per heavy atom. The number of methoxy groups -OCH3 is 1. The van der Waals surface area contributed by atoms with Crippen LogP contribution in [0.4, 0.5) is 0 Å². The number of nitrogens with one attached hydrogen (secondary N) is 1. The summed E-state index contributed by atoms with van der Waals surface area (Å²) in [5.41, 5.74) is 1.02. The molecule has 120 valence electrons. The maximum absolute atomic E-state index is 11.9. The Morgan fingerprint density at radius 3 is 2.57 bits per heavy atom. The summed E-state index contributed by atoms with van der Waals surface area (Å²) in [6.07, 6.45) is 0. The van der Waals surface area contributed by atoms with Crippen LogP contribution in [0.25, 0.3) is 11.3 Å². The lowest BCUT2D eigenvalue weighted by molar-refractivity contribution is -0.144. The minimum Gasteiger partial charge on any atom is -0.467 e. The minimum atomic E-state index is -0.791. The first-order valence-corrected chi connectivity index (χ1v) is 7.02. The molecule has 1 atom stereocenters. The zero-order valence-electron chi connectivity index (χ0n) is 12.9. The average molecular weight is 315 g/mol. The number of benzene rings is 1. The highest BCUT2D eigenvalue weighted by atomic mass is 16.5. The molecule has 7 heteroatoms. The van der Waals surface area contributed by atoms with E-state index in [9.17, 15) is 14.4 Å². The first-order chi connectivity index (χ1) is 11.0. The molecule has 0 radical (unpaired) electrons. The van der Waals surface area contributed by atoms with Gasteiger partial charge in [-0.3, -0.25) is 9.59 Å². The van der Waals surface area contributed by atoms with E-state index < -0.39 is 23.5 Å². The third kappa shape index (κ3) is 4.26. The monoisotopic (exact) mass is 315 g/mol. The third-order valence-corrected chi connectivity index (χ3v) is 3.16. The molecule has 0 aliphatic carbocycles. The zero-order valence-corrected chi connectivity index (χ0v) is 12.9. The molecular weight excluding hydrogens is 298 g/mol. The number of hydrogen-bond acceptors (Lipinski definition) is 5. The van der Waals surface area contributed by atoms with Gasteiger partial charge in [0.1, 0.15) is 12.6 Å². The number of rotatable bonds is 5. The molecule has 0 aliphatic rings. The standard InChI is InChI=1S/C16H17N3O4/c1-11(16(22)23-2)17-14(20)10-19-15(21)9-8-13(18-19)12-6-4-3-5-7-12/h3-9,11H,10H2,1-2H3,(H,17,20)/t11-/m1/s1. The summed E-state index contributed by atoms with van der Waals surface area (Å²) >= 11 is 0. The summed E-state index contributed by atoms with van der Waals surface area (Å²) in [4.78, 5) is 35.1. The number of carbonyl (C=O) groups is 2. The van der Waals surface area contributed by atoms with Gasteiger partial charge in [-0.1, -0.05) is 30.3 Å². The maximum atomic E-state index is 11.9. The van der Waals surface area contributed by atoms with Crippen LogP contribution in [0.2, 0.25) is 0 Å². The molecule has 0 bridgehead atoms. The summed E-state index contributed by atoms with van der Waals surface area (Å²) in [5.74, 6) is -1.06. The molecule has 23 heavy (non-hydrogen) atoms. The van der Waals surface area contributed by atoms with Crippen LogP contribution in [-0.2, 0) is 20.9 Å². The van der Waals surface area contributed by atoms with Crippen molar-refractivity contribution in [2.45, 2.75) is 19.5 Å². The van der Waals surface area contributed by atoms with E-state index in [0.717, 1.165) is 10.2 Å². The topological polar surface area (TPSA) is 90.3 Å². The van der Waals surface area contributed by atoms with Crippen LogP contribution in [0.3, 0.4) is 0 Å². The van der Waals surface area contributed by atoms with Gasteiger partial charge in [-0.15, -0.1) is 0 Å². The molecule has 0 spiro atoms. The molecule has 0 fully saturated rings. The van der Waals surface area contributed by atoms with Crippen molar-refractivity contribution in [1.82, 2.24) is 15.1 Å². The second kappa shape index (κ2) is 7.35. The number of aromatic nitrogens is 2. The second-order valence-corrected chi connectivity index (χ2v) is 4.89. The Kier molecular flexibility index (Phi) is 5.24. The summed E-state index contributed by atoms with van der Waals surface area (Å²) in [5, 5.41) is 6.63. The van der Waals surface area contributed by atoms with Gasteiger partial charge in [-0.2, -0.15) is 5.10 Å². The van der Waals surface area contributed by atoms with Crippen LogP contribution in [-0.4, -0.2) is 34.8 Å². The van der Waals surface area contributed by atoms with Crippen molar-refractivity contribution in [3.05, 3.63) is 52.8 Å². The molecule has 0 saturated carbocycles. The Balaban J connectivity index is 2.15. The summed E-state index contributed by atoms with van der Waals surface area (Å²) < 4.78 is 5.58. The van der Waals surface area contributed by atoms with Crippen molar-refractivity contribution < 1.29 is 14.3 Å². The molecule has 1 N–H and O–H groups in total. The molecule has 7 nitrogen and oxygen atoms in total. The van der Waals surface area contributed by atoms with Crippen molar-refractivity contribution in [2.24, 2.45) is 0 Å². The van der Waals surface area contributed by atoms with Crippen molar-refractivity contribution in [3.8, 4) is 11.3 Å². The Labute approximate surface area is 132 Å². The Hall–Kier alpha value is -2.96. The van der Waals surface area contributed by atoms with Gasteiger partial charge in [0, 0.05) is 11.6 Å². The number of nitrogens with zero attached hydrogens (tertiary/aromatic N) is 2. The van der Waals surface area contributed by atoms with Crippen molar-refractivity contribution in [2.75, 3.05) is 7.11 Å². The van der Waals surface area contributed by atoms with E-state index in [1.165, 1.54) is 20.1 Å². The van der Waals surface area contributed by atoms with E-state index in [4.69, 9.17) is 0 Å². The van der Waals surface area contributed by atoms with E-state index in [2.05, 4.69) is 15.2 Å². The van der Waals surface area contributed by atoms with Crippen LogP contribution < -0.4 is 10.9 Å². The predicted molar refractivity (Wildman–Crippen MR) is 83.6 cm³/mol. The Bertz CT molecular complexity index is 755. The number of esters is 1. The molecule has 1 aromatic heterocycles. The highest BCUT2D eigenvalue weighted by molar-refractivity contribution is 5.83. The first kappa shape index (κ1) is 16.4. The summed E-state index contributed by atoms with van der Waals surface area (Å²) in [7, 11) is 1.24. The van der Waals surface area contributed by atoms with Gasteiger partial charge in [0.05, 0.1) is 12.8 Å². The molecule has 0 aliphatic heterocycles. The van der Waals surface area contributed by atoms with E-state index in [0.29, 0.717) is 5.69 Å². The van der Waals surface area contributed by atoms with Crippen LogP contribution >= 0.6 is 0 Å². The lowest BCUT2D eigenvalue weighted by atomic mass is 10.1. The molecule has 1 heterocycles. The van der Waals surface area contributed by atoms with E-state index in [1.54, 1.807) is 6.07 Å². The first-order valence-electron chi connectivity index (χ1n) is 7.02. The fourth-order valence-electron chi connectivity index (χ4n) is 1.98. The second-order valence-electron chi connectivity index (χ2n) is 4.89. The molecule has 2 aromatic rings. The number of hydrogen-bond donors (Lipinski definition) is 1. The lowest BCUT2D eigenvalue weighted by Gasteiger charge is -2.12. The van der Waals surface area contributed by atoms with E-state index in [-0.39, 0.29) is 6.54 Å². The molecule has 1 amide bonds. The van der Waals surface area contributed by atoms with Gasteiger partial charge in [-0.05, 0) is 13.0 Å². The lowest BCUT2D eigenvalue weighted by Crippen LogP contribution is -2.42. The fraction of sp³-hybridized carbons (Fsp3) is 0.250. The minimum absolute atomic E-state index is 0.277. The van der Waals surface area contributed by atoms with Crippen LogP contribution in [0, 0.1) is 0 Å². The highest BCUT2D eigenvalue weighted by Crippen LogP contribution is 2.13. The molecule has 0 saturated heterocycles. The quantitative estimate of drug-likeness (QED) is 0.816. The van der Waals surface area contributed by atoms with Gasteiger partial charge < -0.3 is 10.1 Å². The highest BCUT2D eigenvalue weighted by Gasteiger charge is 2.16. The largest absolute Gasteiger partial charge is 0.467 e. The fourth-order valence-corrected chi connectivity index (χ4v) is 1.98. The van der Waals surface area contributed by atoms with E-state index in [1.807, 2.05) is 30.3 Å². The Morgan fingerprint density at radius 1 is 1.22 bits per heavy atom. The molecule has 1 aromatic carbocycles. The van der Waals surface area contributed by atoms with Crippen LogP contribution in [0.5, 0.6) is 0 Å². The van der Waals surface area contributed by atoms with Gasteiger partial charge in [-0.25, -0.2) is 9.48 Å². The SMILES string of the molecule is COC(=O)[C@@H](C)NC(=O)Cn1nc(-c2ccccc2)ccc1=O. The smallest absolute Gasteiger partial charge is 0.328 e. The van der Waals surface area contributed by atoms with Crippen LogP contribution in [0.1, 0.15) is 6.92 Å². The zero-order chi connectivity index (χ0) is 16.8. The normalized spacial score (nSPS) is 11.6. The van der Waals surface area contributed by atoms with E-state index >= 15 is 0 Å². The van der Waals surface area contributed by atoms with Crippen LogP contribution in [0.15, 0.2) is 47.3 Å². The summed E-state index contributed by atoms with van der Waals surface area (Å²) in [6, 6.07) is 11.5. The number of amides is 1. The molecule has 0 unspecified atom stereocenters. The predicted octanol–water partition coefficient (Wildman–Crippen LogP) is 0.588. The van der Waals surface area contributed by atoms with Crippen molar-refractivity contribution in [3.63, 3.8) is 0 Å². The van der Waals surface area contributed by atoms with Gasteiger partial charge >= 0.3 is 5.97 Å². The van der Waals surface area contributed by atoms with Crippen molar-refractivity contribution in [1.29, 1.82) is 0 Å². The van der Waals surface area contributed by atoms with Gasteiger partial charge in [0.2, 0.25) is 5.91 Å². The number of carbonyl (C=O) groups excluding carboxylic acids is 2. The third-order valence-electron chi connectivity index (χ3n) is 3.16. The summed E-state index contributed by atoms with van der Waals surface area (Å²) in [6.45, 7) is 1.22. The molecule has 2 rings (SSSR count). The van der Waals surface area contributed by atoms with Gasteiger partial charge in [0.15, 0.2) is 0 Å². The van der Waals surface area contributed by atoms with Gasteiger partial charge in [0.25, 0.3) is 5.56 Å². The van der Waals surface area contributed by atoms with Crippen molar-refractivity contribution >= 4 is 11.9 Å². The molecular formula is C16H17N3O4.